The lowest BCUT2D eigenvalue weighted by atomic mass is 10.2. The monoisotopic (exact) mass is 252 g/mol. The van der Waals surface area contributed by atoms with Gasteiger partial charge in [0.25, 0.3) is 0 Å². The van der Waals surface area contributed by atoms with E-state index in [1.165, 1.54) is 0 Å². The van der Waals surface area contributed by atoms with Crippen molar-refractivity contribution in [2.24, 2.45) is 0 Å². The summed E-state index contributed by atoms with van der Waals surface area (Å²) in [6.45, 7) is 0. The van der Waals surface area contributed by atoms with Gasteiger partial charge >= 0.3 is 0 Å². The van der Waals surface area contributed by atoms with E-state index in [0.29, 0.717) is 11.6 Å². The first-order valence-corrected chi connectivity index (χ1v) is 5.84. The molecule has 0 saturated carbocycles. The van der Waals surface area contributed by atoms with Crippen molar-refractivity contribution < 1.29 is 4.74 Å². The topological polar surface area (TPSA) is 63.7 Å². The number of aromatic amines is 1. The molecule has 2 heterocycles. The van der Waals surface area contributed by atoms with E-state index < -0.39 is 0 Å². The van der Waals surface area contributed by atoms with Crippen LogP contribution < -0.4 is 4.74 Å². The van der Waals surface area contributed by atoms with Gasteiger partial charge in [-0.25, -0.2) is 4.98 Å². The number of pyridine rings is 1. The third-order valence-corrected chi connectivity index (χ3v) is 2.75. The normalized spacial score (nSPS) is 10.4. The summed E-state index contributed by atoms with van der Waals surface area (Å²) in [7, 11) is 1.64. The number of H-pyrrole nitrogens is 1. The predicted octanol–water partition coefficient (Wildman–Crippen LogP) is 2.54. The average molecular weight is 252 g/mol. The molecule has 5 heteroatoms. The van der Waals surface area contributed by atoms with Crippen molar-refractivity contribution in [2.75, 3.05) is 7.11 Å². The summed E-state index contributed by atoms with van der Waals surface area (Å²) in [5.41, 5.74) is 1.81. The van der Waals surface area contributed by atoms with Gasteiger partial charge in [-0.2, -0.15) is 5.10 Å². The minimum Gasteiger partial charge on any atom is -0.497 e. The van der Waals surface area contributed by atoms with E-state index >= 15 is 0 Å². The Labute approximate surface area is 110 Å². The van der Waals surface area contributed by atoms with Crippen molar-refractivity contribution >= 4 is 0 Å². The third kappa shape index (κ3) is 2.30. The largest absolute Gasteiger partial charge is 0.497 e. The Morgan fingerprint density at radius 1 is 1.11 bits per heavy atom. The first-order chi connectivity index (χ1) is 9.36. The van der Waals surface area contributed by atoms with Crippen LogP contribution in [0, 0.1) is 0 Å². The molecule has 0 radical (unpaired) electrons. The zero-order chi connectivity index (χ0) is 13.1. The van der Waals surface area contributed by atoms with Crippen LogP contribution in [0.3, 0.4) is 0 Å². The molecule has 3 aromatic rings. The van der Waals surface area contributed by atoms with Gasteiger partial charge in [0, 0.05) is 23.5 Å². The molecule has 1 aromatic carbocycles. The van der Waals surface area contributed by atoms with E-state index in [1.807, 2.05) is 36.4 Å². The molecule has 5 nitrogen and oxygen atoms in total. The van der Waals surface area contributed by atoms with Crippen LogP contribution in [0.5, 0.6) is 5.75 Å². The lowest BCUT2D eigenvalue weighted by molar-refractivity contribution is 0.415. The van der Waals surface area contributed by atoms with Crippen LogP contribution >= 0.6 is 0 Å². The zero-order valence-corrected chi connectivity index (χ0v) is 10.4. The fourth-order valence-electron chi connectivity index (χ4n) is 1.79. The smallest absolute Gasteiger partial charge is 0.183 e. The highest BCUT2D eigenvalue weighted by Crippen LogP contribution is 2.22. The Balaban J connectivity index is 1.97. The molecule has 94 valence electrons. The number of hydrogen-bond donors (Lipinski definition) is 1. The maximum absolute atomic E-state index is 5.20. The summed E-state index contributed by atoms with van der Waals surface area (Å²) in [5, 5.41) is 7.13. The number of hydrogen-bond acceptors (Lipinski definition) is 4. The van der Waals surface area contributed by atoms with Gasteiger partial charge in [0.1, 0.15) is 5.75 Å². The van der Waals surface area contributed by atoms with E-state index in [9.17, 15) is 0 Å². The molecule has 1 N–H and O–H groups in total. The first-order valence-electron chi connectivity index (χ1n) is 5.84. The Morgan fingerprint density at radius 2 is 2.00 bits per heavy atom. The second kappa shape index (κ2) is 4.89. The number of ether oxygens (including phenoxy) is 1. The molecule has 0 fully saturated rings. The standard InChI is InChI=1S/C14H12N4O/c1-19-12-6-2-4-10(8-12)13-16-14(18-17-13)11-5-3-7-15-9-11/h2-9H,1H3,(H,16,17,18). The van der Waals surface area contributed by atoms with Crippen LogP contribution in [0.15, 0.2) is 48.8 Å². The number of nitrogens with one attached hydrogen (secondary N) is 1. The van der Waals surface area contributed by atoms with Gasteiger partial charge in [-0.1, -0.05) is 12.1 Å². The van der Waals surface area contributed by atoms with E-state index in [-0.39, 0.29) is 0 Å². The fourth-order valence-corrected chi connectivity index (χ4v) is 1.79. The molecule has 0 spiro atoms. The second-order valence-electron chi connectivity index (χ2n) is 3.98. The molecule has 0 aliphatic rings. The molecule has 3 rings (SSSR count). The maximum Gasteiger partial charge on any atom is 0.183 e. The number of methoxy groups -OCH3 is 1. The molecule has 0 unspecified atom stereocenters. The van der Waals surface area contributed by atoms with E-state index in [4.69, 9.17) is 4.74 Å². The predicted molar refractivity (Wildman–Crippen MR) is 71.6 cm³/mol. The summed E-state index contributed by atoms with van der Waals surface area (Å²) in [6.07, 6.45) is 3.46. The maximum atomic E-state index is 5.20. The Bertz CT molecular complexity index is 679. The quantitative estimate of drug-likeness (QED) is 0.778. The van der Waals surface area contributed by atoms with Gasteiger partial charge in [0.15, 0.2) is 11.6 Å². The molecule has 2 aromatic heterocycles. The summed E-state index contributed by atoms with van der Waals surface area (Å²) < 4.78 is 5.20. The molecule has 0 saturated heterocycles. The Morgan fingerprint density at radius 3 is 2.79 bits per heavy atom. The second-order valence-corrected chi connectivity index (χ2v) is 3.98. The number of aromatic nitrogens is 4. The van der Waals surface area contributed by atoms with Crippen molar-refractivity contribution in [3.05, 3.63) is 48.8 Å². The van der Waals surface area contributed by atoms with Crippen molar-refractivity contribution in [1.29, 1.82) is 0 Å². The van der Waals surface area contributed by atoms with Crippen LogP contribution in [0.25, 0.3) is 22.8 Å². The summed E-state index contributed by atoms with van der Waals surface area (Å²) >= 11 is 0. The van der Waals surface area contributed by atoms with Crippen LogP contribution in [-0.4, -0.2) is 27.3 Å². The van der Waals surface area contributed by atoms with Gasteiger partial charge in [-0.05, 0) is 24.3 Å². The van der Waals surface area contributed by atoms with E-state index in [0.717, 1.165) is 16.9 Å². The van der Waals surface area contributed by atoms with Gasteiger partial charge < -0.3 is 4.74 Å². The summed E-state index contributed by atoms with van der Waals surface area (Å²) in [6, 6.07) is 11.5. The van der Waals surface area contributed by atoms with Gasteiger partial charge in [0.2, 0.25) is 0 Å². The molecule has 0 atom stereocenters. The molecule has 0 bridgehead atoms. The van der Waals surface area contributed by atoms with Crippen LogP contribution in [-0.2, 0) is 0 Å². The molecular formula is C14H12N4O. The Kier molecular flexibility index (Phi) is 2.94. The number of benzene rings is 1. The lowest BCUT2D eigenvalue weighted by Gasteiger charge is -2.00. The van der Waals surface area contributed by atoms with Crippen molar-refractivity contribution in [3.63, 3.8) is 0 Å². The Hall–Kier alpha value is -2.69. The van der Waals surface area contributed by atoms with Crippen molar-refractivity contribution in [1.82, 2.24) is 20.2 Å². The molecular weight excluding hydrogens is 240 g/mol. The number of rotatable bonds is 3. The molecule has 0 aliphatic heterocycles. The van der Waals surface area contributed by atoms with Gasteiger partial charge in [-0.3, -0.25) is 10.1 Å². The van der Waals surface area contributed by atoms with Crippen LogP contribution in [0.1, 0.15) is 0 Å². The minimum absolute atomic E-state index is 0.630. The number of nitrogens with zero attached hydrogens (tertiary/aromatic N) is 3. The van der Waals surface area contributed by atoms with E-state index in [1.54, 1.807) is 19.5 Å². The van der Waals surface area contributed by atoms with Crippen molar-refractivity contribution in [2.45, 2.75) is 0 Å². The fraction of sp³-hybridized carbons (Fsp3) is 0.0714. The lowest BCUT2D eigenvalue weighted by Crippen LogP contribution is -1.85. The zero-order valence-electron chi connectivity index (χ0n) is 10.4. The SMILES string of the molecule is COc1cccc(-c2nc(-c3cccnc3)n[nH]2)c1. The molecule has 0 aliphatic carbocycles. The molecule has 19 heavy (non-hydrogen) atoms. The highest BCUT2D eigenvalue weighted by Gasteiger charge is 2.08. The van der Waals surface area contributed by atoms with Crippen LogP contribution in [0.2, 0.25) is 0 Å². The average Bonchev–Trinajstić information content (AvgIpc) is 2.98. The first kappa shape index (κ1) is 11.4. The summed E-state index contributed by atoms with van der Waals surface area (Å²) in [4.78, 5) is 8.52. The van der Waals surface area contributed by atoms with Crippen molar-refractivity contribution in [3.8, 4) is 28.5 Å². The highest BCUT2D eigenvalue weighted by molar-refractivity contribution is 5.61. The van der Waals surface area contributed by atoms with Gasteiger partial charge in [-0.15, -0.1) is 0 Å². The third-order valence-electron chi connectivity index (χ3n) is 2.75. The molecule has 0 amide bonds. The van der Waals surface area contributed by atoms with E-state index in [2.05, 4.69) is 20.2 Å². The van der Waals surface area contributed by atoms with Crippen LogP contribution in [0.4, 0.5) is 0 Å². The van der Waals surface area contributed by atoms with Gasteiger partial charge in [0.05, 0.1) is 7.11 Å². The minimum atomic E-state index is 0.630. The summed E-state index contributed by atoms with van der Waals surface area (Å²) in [5.74, 6) is 2.13. The highest BCUT2D eigenvalue weighted by atomic mass is 16.5.